The maximum Gasteiger partial charge on any atom is 0.255 e. The lowest BCUT2D eigenvalue weighted by Gasteiger charge is -2.14. The zero-order chi connectivity index (χ0) is 27.7. The van der Waals surface area contributed by atoms with Crippen molar-refractivity contribution in [3.63, 3.8) is 0 Å². The lowest BCUT2D eigenvalue weighted by molar-refractivity contribution is -0.133. The first-order valence-electron chi connectivity index (χ1n) is 12.1. The van der Waals surface area contributed by atoms with Gasteiger partial charge in [0.25, 0.3) is 11.8 Å². The molecule has 198 valence electrons. The molecule has 1 fully saturated rings. The van der Waals surface area contributed by atoms with Crippen molar-refractivity contribution in [1.82, 2.24) is 9.97 Å². The largest absolute Gasteiger partial charge is 0.496 e. The molecule has 0 radical (unpaired) electrons. The molecule has 5 rings (SSSR count). The molecule has 0 atom stereocenters. The minimum Gasteiger partial charge on any atom is -0.496 e. The molecule has 2 N–H and O–H groups in total. The lowest BCUT2D eigenvalue weighted by Crippen LogP contribution is -2.29. The van der Waals surface area contributed by atoms with Crippen LogP contribution in [0, 0.1) is 17.0 Å². The number of amides is 1. The number of rotatable bonds is 10. The number of fused-ring (bicyclic) bond motifs is 1. The highest BCUT2D eigenvalue weighted by Crippen LogP contribution is 2.49. The van der Waals surface area contributed by atoms with Crippen LogP contribution in [0.5, 0.6) is 17.4 Å². The Bertz CT molecular complexity index is 1620. The quantitative estimate of drug-likeness (QED) is 0.299. The fraction of sp³-hybridized carbons (Fsp3) is 0.207. The molecular weight excluding hydrogens is 508 g/mol. The molecule has 0 unspecified atom stereocenters. The molecule has 1 saturated carbocycles. The average molecular weight is 532 g/mol. The predicted octanol–water partition coefficient (Wildman–Crippen LogP) is 4.51. The van der Waals surface area contributed by atoms with Gasteiger partial charge in [-0.3, -0.25) is 19.4 Å². The highest BCUT2D eigenvalue weighted by Gasteiger charge is 2.54. The Morgan fingerprint density at radius 1 is 0.923 bits per heavy atom. The van der Waals surface area contributed by atoms with E-state index >= 15 is 0 Å². The second-order valence-electron chi connectivity index (χ2n) is 9.38. The zero-order valence-electron chi connectivity index (χ0n) is 20.9. The van der Waals surface area contributed by atoms with E-state index in [1.54, 1.807) is 0 Å². The number of aromatic nitrogens is 2. The van der Waals surface area contributed by atoms with Gasteiger partial charge in [-0.25, -0.2) is 13.8 Å². The molecule has 0 aliphatic heterocycles. The first-order valence-corrected chi connectivity index (χ1v) is 12.1. The summed E-state index contributed by atoms with van der Waals surface area (Å²) in [7, 11) is 1.39. The van der Waals surface area contributed by atoms with Gasteiger partial charge in [-0.1, -0.05) is 12.1 Å². The standard InChI is InChI=1S/C29H23F2N3O5/c1-38-24-14-22-19(13-20(24)27(32)37)23(6-9-33-22)39-28-21(31)10-17(15-34-28)12-26(36)29(7-8-29)25(35)11-16-2-4-18(30)5-3-16/h2-6,9-10,13-15H,7-8,11-12H2,1H3,(H2,32,37). The Kier molecular flexibility index (Phi) is 6.78. The van der Waals surface area contributed by atoms with Crippen LogP contribution in [-0.2, 0) is 22.4 Å². The van der Waals surface area contributed by atoms with Gasteiger partial charge in [0.05, 0.1) is 23.6 Å². The van der Waals surface area contributed by atoms with Gasteiger partial charge >= 0.3 is 0 Å². The number of hydrogen-bond donors (Lipinski definition) is 1. The summed E-state index contributed by atoms with van der Waals surface area (Å²) in [6, 6.07) is 11.2. The Morgan fingerprint density at radius 3 is 2.23 bits per heavy atom. The van der Waals surface area contributed by atoms with Gasteiger partial charge in [0.15, 0.2) is 17.4 Å². The second-order valence-corrected chi connectivity index (χ2v) is 9.38. The Morgan fingerprint density at radius 2 is 1.62 bits per heavy atom. The first kappa shape index (κ1) is 25.9. The zero-order valence-corrected chi connectivity index (χ0v) is 20.9. The number of pyridine rings is 2. The molecular formula is C29H23F2N3O5. The number of carbonyl (C=O) groups excluding carboxylic acids is 3. The number of halogens is 2. The lowest BCUT2D eigenvalue weighted by atomic mass is 9.88. The van der Waals surface area contributed by atoms with Crippen molar-refractivity contribution in [2.45, 2.75) is 25.7 Å². The number of primary amides is 1. The number of hydrogen-bond acceptors (Lipinski definition) is 7. The van der Waals surface area contributed by atoms with Gasteiger partial charge in [0.1, 0.15) is 17.3 Å². The van der Waals surface area contributed by atoms with E-state index in [0.29, 0.717) is 34.9 Å². The monoisotopic (exact) mass is 531 g/mol. The molecule has 1 amide bonds. The van der Waals surface area contributed by atoms with Crippen LogP contribution in [0.3, 0.4) is 0 Å². The molecule has 1 aliphatic carbocycles. The van der Waals surface area contributed by atoms with Crippen LogP contribution in [-0.4, -0.2) is 34.6 Å². The van der Waals surface area contributed by atoms with Gasteiger partial charge in [-0.05, 0) is 54.3 Å². The van der Waals surface area contributed by atoms with E-state index in [-0.39, 0.29) is 47.4 Å². The van der Waals surface area contributed by atoms with Gasteiger partial charge in [0, 0.05) is 36.7 Å². The van der Waals surface area contributed by atoms with Crippen LogP contribution in [0.4, 0.5) is 8.78 Å². The fourth-order valence-electron chi connectivity index (χ4n) is 4.49. The normalized spacial score (nSPS) is 13.6. The third-order valence-electron chi connectivity index (χ3n) is 6.82. The molecule has 0 saturated heterocycles. The summed E-state index contributed by atoms with van der Waals surface area (Å²) >= 11 is 0. The Labute approximate surface area is 221 Å². The third kappa shape index (κ3) is 5.18. The number of carbonyl (C=O) groups is 3. The van der Waals surface area contributed by atoms with E-state index in [1.807, 2.05) is 0 Å². The molecule has 10 heteroatoms. The Balaban J connectivity index is 1.32. The van der Waals surface area contributed by atoms with Crippen LogP contribution < -0.4 is 15.2 Å². The van der Waals surface area contributed by atoms with E-state index in [9.17, 15) is 23.2 Å². The van der Waals surface area contributed by atoms with Gasteiger partial charge < -0.3 is 15.2 Å². The number of Topliss-reactive ketones (excluding diaryl/α,β-unsaturated/α-hetero) is 2. The van der Waals surface area contributed by atoms with Crippen molar-refractivity contribution in [2.75, 3.05) is 7.11 Å². The van der Waals surface area contributed by atoms with E-state index in [2.05, 4.69) is 9.97 Å². The highest BCUT2D eigenvalue weighted by molar-refractivity contribution is 6.11. The first-order chi connectivity index (χ1) is 18.7. The molecule has 8 nitrogen and oxygen atoms in total. The summed E-state index contributed by atoms with van der Waals surface area (Å²) in [4.78, 5) is 46.0. The van der Waals surface area contributed by atoms with Crippen molar-refractivity contribution >= 4 is 28.4 Å². The number of ether oxygens (including phenoxy) is 2. The minimum atomic E-state index is -1.10. The molecule has 2 heterocycles. The smallest absolute Gasteiger partial charge is 0.255 e. The summed E-state index contributed by atoms with van der Waals surface area (Å²) in [5.41, 5.74) is 5.80. The number of methoxy groups -OCH3 is 1. The van der Waals surface area contributed by atoms with Crippen molar-refractivity contribution in [1.29, 1.82) is 0 Å². The van der Waals surface area contributed by atoms with E-state index < -0.39 is 23.0 Å². The number of ketones is 2. The number of benzene rings is 2. The van der Waals surface area contributed by atoms with Crippen LogP contribution in [0.25, 0.3) is 10.9 Å². The average Bonchev–Trinajstić information content (AvgIpc) is 3.73. The van der Waals surface area contributed by atoms with Crippen molar-refractivity contribution in [3.05, 3.63) is 89.2 Å². The molecule has 0 bridgehead atoms. The van der Waals surface area contributed by atoms with Crippen LogP contribution in [0.1, 0.15) is 34.3 Å². The summed E-state index contributed by atoms with van der Waals surface area (Å²) in [5.74, 6) is -2.39. The minimum absolute atomic E-state index is 0.0225. The second kappa shape index (κ2) is 10.2. The van der Waals surface area contributed by atoms with Crippen molar-refractivity contribution < 1.29 is 32.6 Å². The van der Waals surface area contributed by atoms with Gasteiger partial charge in [-0.2, -0.15) is 0 Å². The van der Waals surface area contributed by atoms with Crippen molar-refractivity contribution in [3.8, 4) is 17.4 Å². The van der Waals surface area contributed by atoms with Gasteiger partial charge in [-0.15, -0.1) is 0 Å². The summed E-state index contributed by atoms with van der Waals surface area (Å²) in [6.45, 7) is 0. The van der Waals surface area contributed by atoms with E-state index in [4.69, 9.17) is 15.2 Å². The SMILES string of the molecule is COc1cc2nccc(Oc3ncc(CC(=O)C4(C(=O)Cc5ccc(F)cc5)CC4)cc3F)c2cc1C(N)=O. The van der Waals surface area contributed by atoms with Crippen LogP contribution in [0.15, 0.2) is 60.9 Å². The highest BCUT2D eigenvalue weighted by atomic mass is 19.1. The molecule has 0 spiro atoms. The van der Waals surface area contributed by atoms with Crippen molar-refractivity contribution in [2.24, 2.45) is 11.1 Å². The molecule has 2 aromatic heterocycles. The van der Waals surface area contributed by atoms with E-state index in [0.717, 1.165) is 6.07 Å². The molecule has 39 heavy (non-hydrogen) atoms. The maximum absolute atomic E-state index is 15.0. The summed E-state index contributed by atoms with van der Waals surface area (Å²) in [5, 5.41) is 0.392. The number of nitrogens with zero attached hydrogens (tertiary/aromatic N) is 2. The molecule has 4 aromatic rings. The maximum atomic E-state index is 15.0. The summed E-state index contributed by atoms with van der Waals surface area (Å²) in [6.07, 6.45) is 3.47. The van der Waals surface area contributed by atoms with E-state index in [1.165, 1.54) is 62.0 Å². The van der Waals surface area contributed by atoms with Crippen LogP contribution >= 0.6 is 0 Å². The fourth-order valence-corrected chi connectivity index (χ4v) is 4.49. The van der Waals surface area contributed by atoms with Crippen LogP contribution in [0.2, 0.25) is 0 Å². The number of nitrogens with two attached hydrogens (primary N) is 1. The van der Waals surface area contributed by atoms with Gasteiger partial charge in [0.2, 0.25) is 0 Å². The Hall–Kier alpha value is -4.73. The predicted molar refractivity (Wildman–Crippen MR) is 137 cm³/mol. The third-order valence-corrected chi connectivity index (χ3v) is 6.82. The topological polar surface area (TPSA) is 121 Å². The molecule has 2 aromatic carbocycles. The molecule has 1 aliphatic rings. The summed E-state index contributed by atoms with van der Waals surface area (Å²) < 4.78 is 39.1.